The number of rotatable bonds is 7. The van der Waals surface area contributed by atoms with Gasteiger partial charge in [0.25, 0.3) is 11.8 Å². The second-order valence-corrected chi connectivity index (χ2v) is 17.3. The molecule has 204 valence electrons. The molecule has 2 aliphatic carbocycles. The average Bonchev–Trinajstić information content (AvgIpc) is 3.20. The van der Waals surface area contributed by atoms with Crippen molar-refractivity contribution in [2.24, 2.45) is 11.8 Å². The van der Waals surface area contributed by atoms with Crippen molar-refractivity contribution >= 4 is 20.1 Å². The summed E-state index contributed by atoms with van der Waals surface area (Å²) in [4.78, 5) is 26.2. The largest absolute Gasteiger partial charge is 0.486 e. The Bertz CT molecular complexity index is 1220. The molecule has 1 aliphatic heterocycles. The van der Waals surface area contributed by atoms with E-state index in [4.69, 9.17) is 9.16 Å². The number of amides is 2. The van der Waals surface area contributed by atoms with Gasteiger partial charge in [0.1, 0.15) is 18.5 Å². The quantitative estimate of drug-likeness (QED) is 0.461. The number of carbonyl (C=O) groups excluding carboxylic acids is 2. The van der Waals surface area contributed by atoms with E-state index in [1.54, 1.807) is 12.1 Å². The monoisotopic (exact) mass is 538 g/mol. The predicted octanol–water partition coefficient (Wildman–Crippen LogP) is 5.44. The zero-order valence-corrected chi connectivity index (χ0v) is 24.1. The molecule has 0 aromatic heterocycles. The molecule has 2 aromatic carbocycles. The zero-order chi connectivity index (χ0) is 27.4. The lowest BCUT2D eigenvalue weighted by Crippen LogP contribution is -2.44. The van der Waals surface area contributed by atoms with Crippen LogP contribution < -0.4 is 15.4 Å². The summed E-state index contributed by atoms with van der Waals surface area (Å²) < 4.78 is 26.7. The smallest absolute Gasteiger partial charge is 0.254 e. The summed E-state index contributed by atoms with van der Waals surface area (Å²) in [6.45, 7) is 10.6. The molecule has 3 aliphatic rings. The summed E-state index contributed by atoms with van der Waals surface area (Å²) in [6, 6.07) is 13.0. The Labute approximate surface area is 225 Å². The van der Waals surface area contributed by atoms with E-state index < -0.39 is 27.0 Å². The maximum absolute atomic E-state index is 14.1. The molecule has 0 radical (unpaired) electrons. The van der Waals surface area contributed by atoms with Crippen LogP contribution in [-0.2, 0) is 4.43 Å². The Morgan fingerprint density at radius 1 is 1.08 bits per heavy atom. The van der Waals surface area contributed by atoms with Gasteiger partial charge in [0.15, 0.2) is 8.32 Å². The summed E-state index contributed by atoms with van der Waals surface area (Å²) in [5, 5.41) is 6.01. The Hall–Kier alpha value is -2.71. The summed E-state index contributed by atoms with van der Waals surface area (Å²) in [7, 11) is -0.291. The number of fused-ring (bicyclic) bond motifs is 2. The summed E-state index contributed by atoms with van der Waals surface area (Å²) in [5.41, 5.74) is 2.21. The fraction of sp³-hybridized carbons (Fsp3) is 0.533. The Kier molecular flexibility index (Phi) is 6.93. The number of ether oxygens (including phenoxy) is 1. The Balaban J connectivity index is 1.34. The minimum absolute atomic E-state index is 0.123. The van der Waals surface area contributed by atoms with E-state index >= 15 is 0 Å². The van der Waals surface area contributed by atoms with Crippen molar-refractivity contribution in [2.45, 2.75) is 75.9 Å². The molecule has 2 fully saturated rings. The lowest BCUT2D eigenvalue weighted by molar-refractivity contribution is 0.0938. The van der Waals surface area contributed by atoms with E-state index in [1.165, 1.54) is 7.05 Å². The van der Waals surface area contributed by atoms with Crippen molar-refractivity contribution in [2.75, 3.05) is 13.7 Å². The first-order valence-electron chi connectivity index (χ1n) is 13.6. The van der Waals surface area contributed by atoms with Crippen molar-refractivity contribution in [3.05, 3.63) is 64.7 Å². The number of alkyl halides is 1. The van der Waals surface area contributed by atoms with Gasteiger partial charge in [-0.1, -0.05) is 51.1 Å². The van der Waals surface area contributed by atoms with Gasteiger partial charge in [-0.15, -0.1) is 0 Å². The molecule has 6 atom stereocenters. The highest BCUT2D eigenvalue weighted by Gasteiger charge is 2.58. The van der Waals surface area contributed by atoms with Crippen LogP contribution in [0, 0.1) is 11.8 Å². The molecule has 1 unspecified atom stereocenters. The van der Waals surface area contributed by atoms with Gasteiger partial charge in [0, 0.05) is 30.3 Å². The molecule has 5 rings (SSSR count). The molecule has 0 saturated heterocycles. The first-order valence-corrected chi connectivity index (χ1v) is 16.5. The van der Waals surface area contributed by atoms with Crippen LogP contribution in [0.5, 0.6) is 5.75 Å². The van der Waals surface area contributed by atoms with Crippen LogP contribution in [-0.4, -0.2) is 52.1 Å². The lowest BCUT2D eigenvalue weighted by Gasteiger charge is -2.39. The number of carbonyl (C=O) groups is 2. The summed E-state index contributed by atoms with van der Waals surface area (Å²) >= 11 is 0. The molecule has 38 heavy (non-hydrogen) atoms. The third kappa shape index (κ3) is 4.77. The molecule has 6 nitrogen and oxygen atoms in total. The fourth-order valence-corrected chi connectivity index (χ4v) is 7.35. The van der Waals surface area contributed by atoms with Crippen LogP contribution in [0.1, 0.15) is 71.4 Å². The van der Waals surface area contributed by atoms with Crippen LogP contribution in [0.2, 0.25) is 18.1 Å². The normalized spacial score (nSPS) is 27.8. The highest BCUT2D eigenvalue weighted by molar-refractivity contribution is 6.74. The molecule has 2 amide bonds. The zero-order valence-electron chi connectivity index (χ0n) is 23.1. The number of halogens is 1. The third-order valence-corrected chi connectivity index (χ3v) is 13.6. The molecule has 0 bridgehead atoms. The number of benzene rings is 2. The first kappa shape index (κ1) is 26.9. The van der Waals surface area contributed by atoms with E-state index in [-0.39, 0.29) is 34.6 Å². The van der Waals surface area contributed by atoms with Crippen molar-refractivity contribution in [3.8, 4) is 5.75 Å². The highest BCUT2D eigenvalue weighted by Crippen LogP contribution is 2.54. The molecule has 8 heteroatoms. The van der Waals surface area contributed by atoms with Gasteiger partial charge in [0.2, 0.25) is 0 Å². The van der Waals surface area contributed by atoms with Crippen molar-refractivity contribution < 1.29 is 23.1 Å². The lowest BCUT2D eigenvalue weighted by atomic mass is 9.86. The van der Waals surface area contributed by atoms with E-state index in [2.05, 4.69) is 44.5 Å². The van der Waals surface area contributed by atoms with Crippen molar-refractivity contribution in [3.63, 3.8) is 0 Å². The third-order valence-electron chi connectivity index (χ3n) is 9.11. The molecule has 2 N–H and O–H groups in total. The van der Waals surface area contributed by atoms with Crippen molar-refractivity contribution in [1.82, 2.24) is 10.6 Å². The minimum Gasteiger partial charge on any atom is -0.486 e. The van der Waals surface area contributed by atoms with Gasteiger partial charge in [-0.05, 0) is 60.5 Å². The van der Waals surface area contributed by atoms with Gasteiger partial charge in [-0.3, -0.25) is 9.59 Å². The van der Waals surface area contributed by atoms with Gasteiger partial charge >= 0.3 is 0 Å². The molecular weight excluding hydrogens is 499 g/mol. The SMILES string of the molecule is CNC(=O)c1cc(C(=O)N[C@@H]2[C@@H]3CC(O[Si](C)(C)C(C)(C)C)C[C@@H]32)cc2c1O[C@H](CF)[C@H]2c1ccccc1. The molecule has 0 spiro atoms. The molecule has 2 aromatic rings. The van der Waals surface area contributed by atoms with Gasteiger partial charge < -0.3 is 19.8 Å². The average molecular weight is 539 g/mol. The first-order chi connectivity index (χ1) is 17.9. The second-order valence-electron chi connectivity index (χ2n) is 12.5. The topological polar surface area (TPSA) is 76.7 Å². The van der Waals surface area contributed by atoms with Crippen molar-refractivity contribution in [1.29, 1.82) is 0 Å². The predicted molar refractivity (Wildman–Crippen MR) is 148 cm³/mol. The number of hydrogen-bond donors (Lipinski definition) is 2. The van der Waals surface area contributed by atoms with E-state index in [9.17, 15) is 14.0 Å². The van der Waals surface area contributed by atoms with E-state index in [1.807, 2.05) is 30.3 Å². The van der Waals surface area contributed by atoms with Crippen LogP contribution >= 0.6 is 0 Å². The van der Waals surface area contributed by atoms with Crippen LogP contribution in [0.3, 0.4) is 0 Å². The molecular formula is C30H39FN2O4Si. The van der Waals surface area contributed by atoms with Gasteiger partial charge in [0.05, 0.1) is 11.5 Å². The van der Waals surface area contributed by atoms with Gasteiger partial charge in [-0.25, -0.2) is 4.39 Å². The van der Waals surface area contributed by atoms with Crippen LogP contribution in [0.15, 0.2) is 42.5 Å². The Morgan fingerprint density at radius 3 is 2.32 bits per heavy atom. The maximum Gasteiger partial charge on any atom is 0.254 e. The van der Waals surface area contributed by atoms with Gasteiger partial charge in [-0.2, -0.15) is 0 Å². The van der Waals surface area contributed by atoms with E-state index in [0.717, 1.165) is 18.4 Å². The van der Waals surface area contributed by atoms with Crippen LogP contribution in [0.25, 0.3) is 0 Å². The van der Waals surface area contributed by atoms with Crippen LogP contribution in [0.4, 0.5) is 4.39 Å². The Morgan fingerprint density at radius 2 is 1.74 bits per heavy atom. The fourth-order valence-electron chi connectivity index (χ4n) is 5.97. The minimum atomic E-state index is -1.82. The molecule has 1 heterocycles. The highest BCUT2D eigenvalue weighted by atomic mass is 28.4. The standard InChI is InChI=1S/C30H39FN2O4Si/c1-30(2,3)38(5,6)37-19-14-20-21(15-19)26(20)33-28(34)18-12-22-25(17-10-8-7-9-11-17)24(16-31)36-27(22)23(13-18)29(35)32-4/h7-13,19-21,24-26H,14-16H2,1-6H3,(H,32,35)(H,33,34)/t19?,20-,21+,24-,25+,26-/m1/s1. The number of nitrogens with one attached hydrogen (secondary N) is 2. The molecule has 2 saturated carbocycles. The summed E-state index contributed by atoms with van der Waals surface area (Å²) in [6.07, 6.45) is 1.45. The maximum atomic E-state index is 14.1. The van der Waals surface area contributed by atoms with E-state index in [0.29, 0.717) is 28.7 Å². The second kappa shape index (κ2) is 9.79. The number of hydrogen-bond acceptors (Lipinski definition) is 4. The summed E-state index contributed by atoms with van der Waals surface area (Å²) in [5.74, 6) is 0.230.